The Hall–Kier alpha value is -1.59. The fourth-order valence-electron chi connectivity index (χ4n) is 2.66. The highest BCUT2D eigenvalue weighted by atomic mass is 16.5. The van der Waals surface area contributed by atoms with E-state index in [1.165, 1.54) is 0 Å². The number of likely N-dealkylation sites (N-methyl/N-ethyl adjacent to an activating group) is 1. The zero-order chi connectivity index (χ0) is 15.9. The third-order valence-electron chi connectivity index (χ3n) is 4.03. The molecule has 1 aromatic carbocycles. The van der Waals surface area contributed by atoms with Crippen LogP contribution in [0.15, 0.2) is 24.3 Å². The van der Waals surface area contributed by atoms with Gasteiger partial charge in [-0.25, -0.2) is 0 Å². The SMILES string of the molecule is CN(C)C(=O)CN(CCc1cccc(O)c1)CC1CCOC1. The van der Waals surface area contributed by atoms with E-state index in [1.807, 2.05) is 12.1 Å². The third-order valence-corrected chi connectivity index (χ3v) is 4.03. The number of nitrogens with zero attached hydrogens (tertiary/aromatic N) is 2. The zero-order valence-corrected chi connectivity index (χ0v) is 13.5. The van der Waals surface area contributed by atoms with Gasteiger partial charge in [0.1, 0.15) is 5.75 Å². The van der Waals surface area contributed by atoms with Crippen LogP contribution in [0.3, 0.4) is 0 Å². The van der Waals surface area contributed by atoms with Gasteiger partial charge in [0.05, 0.1) is 13.2 Å². The minimum Gasteiger partial charge on any atom is -0.508 e. The molecule has 1 saturated heterocycles. The van der Waals surface area contributed by atoms with Crippen molar-refractivity contribution in [2.75, 3.05) is 46.9 Å². The van der Waals surface area contributed by atoms with Crippen molar-refractivity contribution in [2.45, 2.75) is 12.8 Å². The number of ether oxygens (including phenoxy) is 1. The maximum absolute atomic E-state index is 12.0. The molecule has 1 heterocycles. The van der Waals surface area contributed by atoms with Gasteiger partial charge in [-0.2, -0.15) is 0 Å². The normalized spacial score (nSPS) is 17.9. The van der Waals surface area contributed by atoms with Crippen LogP contribution in [0, 0.1) is 5.92 Å². The van der Waals surface area contributed by atoms with Crippen molar-refractivity contribution in [3.05, 3.63) is 29.8 Å². The van der Waals surface area contributed by atoms with Gasteiger partial charge in [-0.15, -0.1) is 0 Å². The van der Waals surface area contributed by atoms with Crippen molar-refractivity contribution >= 4 is 5.91 Å². The number of rotatable bonds is 7. The van der Waals surface area contributed by atoms with Crippen LogP contribution in [0.2, 0.25) is 0 Å². The molecule has 5 heteroatoms. The van der Waals surface area contributed by atoms with Gasteiger partial charge in [-0.1, -0.05) is 12.1 Å². The maximum atomic E-state index is 12.0. The monoisotopic (exact) mass is 306 g/mol. The van der Waals surface area contributed by atoms with Crippen LogP contribution in [-0.4, -0.2) is 67.8 Å². The van der Waals surface area contributed by atoms with Crippen LogP contribution in [0.5, 0.6) is 5.75 Å². The van der Waals surface area contributed by atoms with Crippen molar-refractivity contribution in [2.24, 2.45) is 5.92 Å². The first-order valence-electron chi connectivity index (χ1n) is 7.83. The fourth-order valence-corrected chi connectivity index (χ4v) is 2.66. The van der Waals surface area contributed by atoms with Gasteiger partial charge < -0.3 is 14.7 Å². The molecule has 1 amide bonds. The predicted molar refractivity (Wildman–Crippen MR) is 85.9 cm³/mol. The standard InChI is InChI=1S/C17H26N2O3/c1-18(2)17(21)12-19(11-15-7-9-22-13-15)8-6-14-4-3-5-16(20)10-14/h3-5,10,15,20H,6-9,11-13H2,1-2H3. The van der Waals surface area contributed by atoms with E-state index in [9.17, 15) is 9.90 Å². The molecule has 1 aliphatic heterocycles. The van der Waals surface area contributed by atoms with E-state index >= 15 is 0 Å². The Bertz CT molecular complexity index is 485. The Kier molecular flexibility index (Phi) is 6.21. The summed E-state index contributed by atoms with van der Waals surface area (Å²) in [7, 11) is 3.57. The third kappa shape index (κ3) is 5.31. The number of carbonyl (C=O) groups is 1. The maximum Gasteiger partial charge on any atom is 0.236 e. The Balaban J connectivity index is 1.92. The smallest absolute Gasteiger partial charge is 0.236 e. The van der Waals surface area contributed by atoms with Gasteiger partial charge in [-0.05, 0) is 36.5 Å². The van der Waals surface area contributed by atoms with Gasteiger partial charge in [0.25, 0.3) is 0 Å². The minimum absolute atomic E-state index is 0.120. The largest absolute Gasteiger partial charge is 0.508 e. The van der Waals surface area contributed by atoms with Gasteiger partial charge in [0, 0.05) is 33.8 Å². The molecule has 1 aromatic rings. The van der Waals surface area contributed by atoms with Crippen molar-refractivity contribution < 1.29 is 14.6 Å². The fraction of sp³-hybridized carbons (Fsp3) is 0.588. The van der Waals surface area contributed by atoms with Crippen LogP contribution in [0.1, 0.15) is 12.0 Å². The zero-order valence-electron chi connectivity index (χ0n) is 13.5. The van der Waals surface area contributed by atoms with Crippen LogP contribution in [0.25, 0.3) is 0 Å². The highest BCUT2D eigenvalue weighted by Gasteiger charge is 2.21. The van der Waals surface area contributed by atoms with Gasteiger partial charge in [0.15, 0.2) is 0 Å². The average Bonchev–Trinajstić information content (AvgIpc) is 2.97. The second-order valence-corrected chi connectivity index (χ2v) is 6.17. The molecule has 22 heavy (non-hydrogen) atoms. The molecule has 0 bridgehead atoms. The molecule has 0 radical (unpaired) electrons. The predicted octanol–water partition coefficient (Wildman–Crippen LogP) is 1.36. The molecular formula is C17H26N2O3. The van der Waals surface area contributed by atoms with Gasteiger partial charge >= 0.3 is 0 Å². The Morgan fingerprint density at radius 3 is 2.86 bits per heavy atom. The van der Waals surface area contributed by atoms with E-state index in [-0.39, 0.29) is 11.7 Å². The first-order chi connectivity index (χ1) is 10.5. The molecule has 122 valence electrons. The Morgan fingerprint density at radius 2 is 2.23 bits per heavy atom. The summed E-state index contributed by atoms with van der Waals surface area (Å²) in [6.07, 6.45) is 1.89. The number of phenolic OH excluding ortho intramolecular Hbond substituents is 1. The lowest BCUT2D eigenvalue weighted by molar-refractivity contribution is -0.130. The molecule has 5 nitrogen and oxygen atoms in total. The van der Waals surface area contributed by atoms with Crippen molar-refractivity contribution in [3.63, 3.8) is 0 Å². The average molecular weight is 306 g/mol. The summed E-state index contributed by atoms with van der Waals surface area (Å²) < 4.78 is 5.43. The first kappa shape index (κ1) is 16.8. The summed E-state index contributed by atoms with van der Waals surface area (Å²) >= 11 is 0. The van der Waals surface area contributed by atoms with Crippen molar-refractivity contribution in [1.82, 2.24) is 9.80 Å². The first-order valence-corrected chi connectivity index (χ1v) is 7.83. The molecule has 1 unspecified atom stereocenters. The van der Waals surface area contributed by atoms with E-state index in [0.717, 1.165) is 44.7 Å². The molecule has 1 atom stereocenters. The summed E-state index contributed by atoms with van der Waals surface area (Å²) in [5.74, 6) is 0.923. The van der Waals surface area contributed by atoms with E-state index in [0.29, 0.717) is 12.5 Å². The molecular weight excluding hydrogens is 280 g/mol. The number of phenols is 1. The lowest BCUT2D eigenvalue weighted by Gasteiger charge is -2.25. The number of hydrogen-bond donors (Lipinski definition) is 1. The highest BCUT2D eigenvalue weighted by Crippen LogP contribution is 2.16. The second kappa shape index (κ2) is 8.15. The lowest BCUT2D eigenvalue weighted by atomic mass is 10.1. The Morgan fingerprint density at radius 1 is 1.41 bits per heavy atom. The van der Waals surface area contributed by atoms with Crippen molar-refractivity contribution in [1.29, 1.82) is 0 Å². The molecule has 0 saturated carbocycles. The van der Waals surface area contributed by atoms with E-state index in [2.05, 4.69) is 4.90 Å². The van der Waals surface area contributed by atoms with Crippen LogP contribution < -0.4 is 0 Å². The van der Waals surface area contributed by atoms with Gasteiger partial charge in [-0.3, -0.25) is 9.69 Å². The van der Waals surface area contributed by atoms with Crippen molar-refractivity contribution in [3.8, 4) is 5.75 Å². The van der Waals surface area contributed by atoms with Crippen LogP contribution in [-0.2, 0) is 16.0 Å². The summed E-state index contributed by atoms with van der Waals surface area (Å²) in [6, 6.07) is 7.31. The topological polar surface area (TPSA) is 53.0 Å². The number of benzene rings is 1. The number of hydrogen-bond acceptors (Lipinski definition) is 4. The quantitative estimate of drug-likeness (QED) is 0.826. The summed E-state index contributed by atoms with van der Waals surface area (Å²) in [5, 5.41) is 9.54. The number of carbonyl (C=O) groups excluding carboxylic acids is 1. The van der Waals surface area contributed by atoms with Crippen LogP contribution in [0.4, 0.5) is 0 Å². The number of amides is 1. The molecule has 2 rings (SSSR count). The molecule has 1 N–H and O–H groups in total. The molecule has 0 aliphatic carbocycles. The molecule has 1 fully saturated rings. The second-order valence-electron chi connectivity index (χ2n) is 6.17. The Labute approximate surface area is 132 Å². The highest BCUT2D eigenvalue weighted by molar-refractivity contribution is 5.77. The minimum atomic E-state index is 0.120. The summed E-state index contributed by atoms with van der Waals surface area (Å²) in [4.78, 5) is 15.8. The van der Waals surface area contributed by atoms with E-state index in [1.54, 1.807) is 31.1 Å². The molecule has 0 aromatic heterocycles. The summed E-state index contributed by atoms with van der Waals surface area (Å²) in [6.45, 7) is 3.74. The summed E-state index contributed by atoms with van der Waals surface area (Å²) in [5.41, 5.74) is 1.09. The van der Waals surface area contributed by atoms with E-state index in [4.69, 9.17) is 4.74 Å². The molecule has 0 spiro atoms. The van der Waals surface area contributed by atoms with Gasteiger partial charge in [0.2, 0.25) is 5.91 Å². The van der Waals surface area contributed by atoms with Crippen LogP contribution >= 0.6 is 0 Å². The molecule has 1 aliphatic rings. The lowest BCUT2D eigenvalue weighted by Crippen LogP contribution is -2.40. The van der Waals surface area contributed by atoms with E-state index < -0.39 is 0 Å². The number of aromatic hydroxyl groups is 1.